The quantitative estimate of drug-likeness (QED) is 0.570. The van der Waals surface area contributed by atoms with Gasteiger partial charge in [-0.3, -0.25) is 9.59 Å². The summed E-state index contributed by atoms with van der Waals surface area (Å²) in [6.45, 7) is 6.81. The summed E-state index contributed by atoms with van der Waals surface area (Å²) in [5.41, 5.74) is -0.108. The number of rotatable bonds is 5. The van der Waals surface area contributed by atoms with E-state index in [0.29, 0.717) is 5.75 Å². The van der Waals surface area contributed by atoms with Crippen LogP contribution in [-0.2, 0) is 23.8 Å². The molecule has 0 N–H and O–H groups in total. The van der Waals surface area contributed by atoms with E-state index in [0.717, 1.165) is 0 Å². The first-order valence-corrected chi connectivity index (χ1v) is 7.92. The maximum absolute atomic E-state index is 11.3. The van der Waals surface area contributed by atoms with Gasteiger partial charge in [0.15, 0.2) is 0 Å². The molecule has 1 fully saturated rings. The van der Waals surface area contributed by atoms with E-state index < -0.39 is 12.2 Å². The van der Waals surface area contributed by atoms with Gasteiger partial charge < -0.3 is 14.2 Å². The lowest BCUT2D eigenvalue weighted by Crippen LogP contribution is -2.52. The molecule has 1 aliphatic heterocycles. The zero-order valence-corrected chi connectivity index (χ0v) is 13.6. The van der Waals surface area contributed by atoms with Crippen LogP contribution in [0, 0.1) is 24.2 Å². The summed E-state index contributed by atoms with van der Waals surface area (Å²) < 4.78 is 16.3. The molecule has 0 aromatic carbocycles. The van der Waals surface area contributed by atoms with Gasteiger partial charge in [0.2, 0.25) is 0 Å². The van der Waals surface area contributed by atoms with E-state index in [-0.39, 0.29) is 35.8 Å². The highest BCUT2D eigenvalue weighted by molar-refractivity contribution is 7.99. The Morgan fingerprint density at radius 3 is 2.43 bits per heavy atom. The average Bonchev–Trinajstić information content (AvgIpc) is 2.41. The van der Waals surface area contributed by atoms with E-state index in [1.54, 1.807) is 0 Å². The lowest BCUT2D eigenvalue weighted by atomic mass is 9.85. The lowest BCUT2D eigenvalue weighted by molar-refractivity contribution is -0.191. The third kappa shape index (κ3) is 5.25. The minimum Gasteiger partial charge on any atom is -0.463 e. The van der Waals surface area contributed by atoms with Crippen LogP contribution in [0.4, 0.5) is 0 Å². The maximum Gasteiger partial charge on any atom is 0.303 e. The Morgan fingerprint density at radius 1 is 1.24 bits per heavy atom. The first kappa shape index (κ1) is 17.9. The zero-order valence-electron chi connectivity index (χ0n) is 12.8. The van der Waals surface area contributed by atoms with Crippen molar-refractivity contribution < 1.29 is 23.8 Å². The van der Waals surface area contributed by atoms with Gasteiger partial charge in [0.25, 0.3) is 0 Å². The van der Waals surface area contributed by atoms with Crippen molar-refractivity contribution in [3.8, 4) is 12.3 Å². The fourth-order valence-electron chi connectivity index (χ4n) is 2.29. The molecule has 0 spiro atoms. The number of esters is 2. The van der Waals surface area contributed by atoms with Crippen molar-refractivity contribution in [3.05, 3.63) is 0 Å². The zero-order chi connectivity index (χ0) is 16.0. The van der Waals surface area contributed by atoms with Crippen LogP contribution in [-0.4, -0.2) is 41.9 Å². The van der Waals surface area contributed by atoms with Gasteiger partial charge in [-0.15, -0.1) is 18.2 Å². The second-order valence-corrected chi connectivity index (χ2v) is 6.24. The van der Waals surface area contributed by atoms with Crippen LogP contribution < -0.4 is 0 Å². The molecular weight excluding hydrogens is 292 g/mol. The van der Waals surface area contributed by atoms with Crippen molar-refractivity contribution in [1.82, 2.24) is 0 Å². The van der Waals surface area contributed by atoms with Crippen LogP contribution in [0.15, 0.2) is 0 Å². The first-order chi connectivity index (χ1) is 9.86. The molecule has 21 heavy (non-hydrogen) atoms. The SMILES string of the molecule is C#CCS[C@H]1OC(COC(C)=O)[C@H](OC(C)=O)[C@H](C)C1C. The Hall–Kier alpha value is -1.19. The predicted octanol–water partition coefficient (Wildman–Crippen LogP) is 1.84. The normalized spacial score (nSPS) is 32.0. The van der Waals surface area contributed by atoms with Crippen LogP contribution in [0.1, 0.15) is 27.7 Å². The molecule has 118 valence electrons. The molecule has 0 amide bonds. The summed E-state index contributed by atoms with van der Waals surface area (Å²) in [5.74, 6) is 2.60. The van der Waals surface area contributed by atoms with Gasteiger partial charge in [0, 0.05) is 19.8 Å². The molecule has 5 nitrogen and oxygen atoms in total. The number of terminal acetylenes is 1. The van der Waals surface area contributed by atoms with Crippen LogP contribution in [0.5, 0.6) is 0 Å². The van der Waals surface area contributed by atoms with E-state index in [9.17, 15) is 9.59 Å². The number of hydrogen-bond donors (Lipinski definition) is 0. The predicted molar refractivity (Wildman–Crippen MR) is 80.5 cm³/mol. The van der Waals surface area contributed by atoms with Crippen LogP contribution in [0.25, 0.3) is 0 Å². The van der Waals surface area contributed by atoms with Gasteiger partial charge in [-0.05, 0) is 5.92 Å². The number of carbonyl (C=O) groups excluding carboxylic acids is 2. The summed E-state index contributed by atoms with van der Waals surface area (Å²) in [6.07, 6.45) is 4.38. The van der Waals surface area contributed by atoms with Crippen molar-refractivity contribution in [1.29, 1.82) is 0 Å². The second-order valence-electron chi connectivity index (χ2n) is 5.15. The van der Waals surface area contributed by atoms with Crippen molar-refractivity contribution >= 4 is 23.7 Å². The van der Waals surface area contributed by atoms with Gasteiger partial charge in [0.05, 0.1) is 5.75 Å². The summed E-state index contributed by atoms with van der Waals surface area (Å²) in [4.78, 5) is 22.3. The van der Waals surface area contributed by atoms with Gasteiger partial charge in [-0.1, -0.05) is 19.8 Å². The number of carbonyl (C=O) groups is 2. The van der Waals surface area contributed by atoms with Crippen molar-refractivity contribution in [2.24, 2.45) is 11.8 Å². The Labute approximate surface area is 130 Å². The molecule has 0 aromatic heterocycles. The van der Waals surface area contributed by atoms with Gasteiger partial charge in [0.1, 0.15) is 24.3 Å². The van der Waals surface area contributed by atoms with Crippen molar-refractivity contribution in [3.63, 3.8) is 0 Å². The van der Waals surface area contributed by atoms with Gasteiger partial charge in [-0.2, -0.15) is 0 Å². The molecule has 0 radical (unpaired) electrons. The van der Waals surface area contributed by atoms with E-state index in [1.165, 1.54) is 25.6 Å². The number of ether oxygens (including phenoxy) is 3. The molecule has 1 rings (SSSR count). The number of thioether (sulfide) groups is 1. The monoisotopic (exact) mass is 314 g/mol. The largest absolute Gasteiger partial charge is 0.463 e. The molecule has 0 aromatic rings. The maximum atomic E-state index is 11.3. The third-order valence-electron chi connectivity index (χ3n) is 3.54. The molecule has 5 atom stereocenters. The summed E-state index contributed by atoms with van der Waals surface area (Å²) in [5, 5.41) is 0. The van der Waals surface area contributed by atoms with Crippen LogP contribution >= 0.6 is 11.8 Å². The molecular formula is C15H22O5S. The fraction of sp³-hybridized carbons (Fsp3) is 0.733. The third-order valence-corrected chi connectivity index (χ3v) is 4.74. The highest BCUT2D eigenvalue weighted by atomic mass is 32.2. The molecule has 1 heterocycles. The fourth-order valence-corrected chi connectivity index (χ4v) is 3.32. The standard InChI is InChI=1S/C15H22O5S/c1-6-7-21-15-10(3)9(2)14(19-12(5)17)13(20-15)8-18-11(4)16/h1,9-10,13-15H,7-8H2,2-5H3/t9-,10?,13?,14-,15-/m1/s1. The Morgan fingerprint density at radius 2 is 1.90 bits per heavy atom. The molecule has 0 saturated carbocycles. The second kappa shape index (κ2) is 8.30. The van der Waals surface area contributed by atoms with E-state index >= 15 is 0 Å². The summed E-state index contributed by atoms with van der Waals surface area (Å²) in [7, 11) is 0. The van der Waals surface area contributed by atoms with Crippen LogP contribution in [0.2, 0.25) is 0 Å². The summed E-state index contributed by atoms with van der Waals surface area (Å²) in [6, 6.07) is 0. The highest BCUT2D eigenvalue weighted by Crippen LogP contribution is 2.37. The Kier molecular flexibility index (Phi) is 7.06. The van der Waals surface area contributed by atoms with Crippen molar-refractivity contribution in [2.75, 3.05) is 12.4 Å². The molecule has 0 bridgehead atoms. The number of hydrogen-bond acceptors (Lipinski definition) is 6. The lowest BCUT2D eigenvalue weighted by Gasteiger charge is -2.43. The minimum atomic E-state index is -0.473. The van der Waals surface area contributed by atoms with E-state index in [1.807, 2.05) is 13.8 Å². The molecule has 2 unspecified atom stereocenters. The molecule has 1 saturated heterocycles. The topological polar surface area (TPSA) is 61.8 Å². The smallest absolute Gasteiger partial charge is 0.303 e. The molecule has 1 aliphatic rings. The molecule has 0 aliphatic carbocycles. The Bertz CT molecular complexity index is 417. The van der Waals surface area contributed by atoms with E-state index in [4.69, 9.17) is 20.6 Å². The van der Waals surface area contributed by atoms with Gasteiger partial charge >= 0.3 is 11.9 Å². The summed E-state index contributed by atoms with van der Waals surface area (Å²) >= 11 is 1.53. The first-order valence-electron chi connectivity index (χ1n) is 6.88. The van der Waals surface area contributed by atoms with E-state index in [2.05, 4.69) is 5.92 Å². The average molecular weight is 314 g/mol. The Balaban J connectivity index is 2.82. The minimum absolute atomic E-state index is 0.0669. The molecule has 6 heteroatoms. The van der Waals surface area contributed by atoms with Crippen molar-refractivity contribution in [2.45, 2.75) is 45.3 Å². The highest BCUT2D eigenvalue weighted by Gasteiger charge is 2.43. The van der Waals surface area contributed by atoms with Crippen LogP contribution in [0.3, 0.4) is 0 Å². The van der Waals surface area contributed by atoms with Gasteiger partial charge in [-0.25, -0.2) is 0 Å².